The van der Waals surface area contributed by atoms with Crippen molar-refractivity contribution in [1.82, 2.24) is 5.32 Å². The van der Waals surface area contributed by atoms with Gasteiger partial charge < -0.3 is 14.8 Å². The predicted molar refractivity (Wildman–Crippen MR) is 109 cm³/mol. The van der Waals surface area contributed by atoms with Crippen molar-refractivity contribution in [3.05, 3.63) is 65.7 Å². The fourth-order valence-corrected chi connectivity index (χ4v) is 3.01. The summed E-state index contributed by atoms with van der Waals surface area (Å²) >= 11 is 0. The van der Waals surface area contributed by atoms with Gasteiger partial charge in [-0.3, -0.25) is 4.72 Å². The van der Waals surface area contributed by atoms with E-state index in [4.69, 9.17) is 10.9 Å². The van der Waals surface area contributed by atoms with Crippen LogP contribution in [0.15, 0.2) is 54.6 Å². The minimum atomic E-state index is -3.76. The van der Waals surface area contributed by atoms with E-state index in [2.05, 4.69) is 5.32 Å². The van der Waals surface area contributed by atoms with E-state index < -0.39 is 28.1 Å². The molecule has 1 amide bonds. The molecule has 29 heavy (non-hydrogen) atoms. The summed E-state index contributed by atoms with van der Waals surface area (Å²) < 4.78 is 41.4. The third-order valence-electron chi connectivity index (χ3n) is 3.70. The van der Waals surface area contributed by atoms with E-state index in [0.29, 0.717) is 10.3 Å². The van der Waals surface area contributed by atoms with Gasteiger partial charge in [0.25, 0.3) is 0 Å². The molecule has 0 bridgehead atoms. The maximum atomic E-state index is 12.3. The predicted octanol–water partition coefficient (Wildman–Crippen LogP) is 2.46. The molecule has 156 valence electrons. The first-order chi connectivity index (χ1) is 14.2. The van der Waals surface area contributed by atoms with Gasteiger partial charge in [-0.2, -0.15) is 0 Å². The molecular weight excluding hydrogens is 396 g/mol. The van der Waals surface area contributed by atoms with Gasteiger partial charge in [0.05, 0.1) is 12.9 Å². The second-order valence-corrected chi connectivity index (χ2v) is 7.86. The van der Waals surface area contributed by atoms with Crippen LogP contribution in [0.3, 0.4) is 0 Å². The number of anilines is 1. The van der Waals surface area contributed by atoms with Crippen molar-refractivity contribution >= 4 is 27.8 Å². The molecular formula is C20H24N2O6S. The summed E-state index contributed by atoms with van der Waals surface area (Å²) in [5.74, 6) is -0.648. The minimum absolute atomic E-state index is 0.0325. The van der Waals surface area contributed by atoms with E-state index in [1.54, 1.807) is 31.2 Å². The fourth-order valence-electron chi connectivity index (χ4n) is 2.51. The van der Waals surface area contributed by atoms with Gasteiger partial charge in [0.15, 0.2) is 1.41 Å². The molecule has 8 nitrogen and oxygen atoms in total. The van der Waals surface area contributed by atoms with Gasteiger partial charge in [0.2, 0.25) is 10.0 Å². The number of sulfonamides is 1. The highest BCUT2D eigenvalue weighted by Crippen LogP contribution is 2.14. The van der Waals surface area contributed by atoms with Crippen molar-refractivity contribution in [2.45, 2.75) is 26.0 Å². The molecule has 0 fully saturated rings. The van der Waals surface area contributed by atoms with Gasteiger partial charge in [-0.15, -0.1) is 0 Å². The zero-order valence-corrected chi connectivity index (χ0v) is 17.0. The summed E-state index contributed by atoms with van der Waals surface area (Å²) in [6.45, 7) is 1.82. The Morgan fingerprint density at radius 2 is 1.76 bits per heavy atom. The third kappa shape index (κ3) is 8.22. The first kappa shape index (κ1) is 20.7. The van der Waals surface area contributed by atoms with Gasteiger partial charge in [-0.25, -0.2) is 18.0 Å². The highest BCUT2D eigenvalue weighted by Gasteiger charge is 2.23. The Bertz CT molecular complexity index is 968. The van der Waals surface area contributed by atoms with Crippen LogP contribution in [0.25, 0.3) is 0 Å². The smallest absolute Gasteiger partial charge is 0.408 e. The van der Waals surface area contributed by atoms with Crippen LogP contribution in [0.2, 0.25) is 1.41 Å². The number of esters is 1. The maximum absolute atomic E-state index is 12.3. The summed E-state index contributed by atoms with van der Waals surface area (Å²) in [4.78, 5) is 24.5. The summed E-state index contributed by atoms with van der Waals surface area (Å²) in [5, 5.41) is 2.48. The number of nitrogens with one attached hydrogen (secondary N) is 2. The number of carbonyl (C=O) groups is 2. The van der Waals surface area contributed by atoms with Gasteiger partial charge in [-0.05, 0) is 30.2 Å². The number of hydrogen-bond acceptors (Lipinski definition) is 6. The largest absolute Gasteiger partial charge is 0.464 e. The van der Waals surface area contributed by atoms with Crippen molar-refractivity contribution in [3.8, 4) is 0 Å². The Labute approximate surface area is 171 Å². The molecule has 0 aliphatic rings. The first-order valence-corrected chi connectivity index (χ1v) is 10.8. The SMILES string of the molecule is [2H]N(c1cccc(C[C@H](NC(=O)OCc2ccccc2)C(=O)OCC)c1)S(C)(=O)=O. The Kier molecular flexibility index (Phi) is 7.46. The van der Waals surface area contributed by atoms with Crippen LogP contribution >= 0.6 is 0 Å². The third-order valence-corrected chi connectivity index (χ3v) is 4.24. The van der Waals surface area contributed by atoms with Gasteiger partial charge in [0.1, 0.15) is 12.6 Å². The fraction of sp³-hybridized carbons (Fsp3) is 0.300. The lowest BCUT2D eigenvalue weighted by Crippen LogP contribution is -2.43. The molecule has 2 aromatic carbocycles. The highest BCUT2D eigenvalue weighted by molar-refractivity contribution is 7.92. The van der Waals surface area contributed by atoms with Gasteiger partial charge in [-0.1, -0.05) is 42.5 Å². The zero-order chi connectivity index (χ0) is 22.1. The molecule has 2 N–H and O–H groups in total. The molecule has 0 aliphatic heterocycles. The molecule has 0 unspecified atom stereocenters. The number of hydrogen-bond donors (Lipinski definition) is 2. The number of alkyl carbamates (subject to hydrolysis) is 1. The molecule has 0 heterocycles. The van der Waals surface area contributed by atoms with E-state index in [1.165, 1.54) is 12.1 Å². The summed E-state index contributed by atoms with van der Waals surface area (Å²) in [7, 11) is -3.76. The molecule has 0 radical (unpaired) electrons. The Morgan fingerprint density at radius 3 is 2.41 bits per heavy atom. The quantitative estimate of drug-likeness (QED) is 0.602. The van der Waals surface area contributed by atoms with E-state index >= 15 is 0 Å². The molecule has 2 aromatic rings. The van der Waals surface area contributed by atoms with Crippen molar-refractivity contribution in [3.63, 3.8) is 0 Å². The normalized spacial score (nSPS) is 12.4. The minimum Gasteiger partial charge on any atom is -0.464 e. The lowest BCUT2D eigenvalue weighted by atomic mass is 10.1. The molecule has 0 spiro atoms. The lowest BCUT2D eigenvalue weighted by Gasteiger charge is -2.18. The number of ether oxygens (including phenoxy) is 2. The molecule has 0 saturated heterocycles. The standard InChI is InChI=1S/C20H24N2O6S/c1-3-27-19(23)18(21-20(24)28-14-15-8-5-4-6-9-15)13-16-10-7-11-17(12-16)22-29(2,25)26/h4-12,18,22H,3,13-14H2,1-2H3,(H,21,24)/t18-/m0/s1/i/hD. The van der Waals surface area contributed by atoms with E-state index in [1.807, 2.05) is 18.2 Å². The summed E-state index contributed by atoms with van der Waals surface area (Å²) in [5.41, 5.74) is 1.45. The summed E-state index contributed by atoms with van der Waals surface area (Å²) in [6, 6.07) is 14.2. The van der Waals surface area contributed by atoms with E-state index in [0.717, 1.165) is 11.8 Å². The molecule has 1 atom stereocenters. The van der Waals surface area contributed by atoms with Crippen molar-refractivity contribution in [2.24, 2.45) is 0 Å². The van der Waals surface area contributed by atoms with Crippen LogP contribution < -0.4 is 10.0 Å². The molecule has 0 aromatic heterocycles. The van der Waals surface area contributed by atoms with Crippen molar-refractivity contribution in [2.75, 3.05) is 17.6 Å². The number of carbonyl (C=O) groups excluding carboxylic acids is 2. The molecule has 2 rings (SSSR count). The number of benzene rings is 2. The molecule has 0 aliphatic carbocycles. The van der Waals surface area contributed by atoms with Crippen LogP contribution in [-0.2, 0) is 37.3 Å². The van der Waals surface area contributed by atoms with Gasteiger partial charge in [0, 0.05) is 12.1 Å². The molecule has 9 heteroatoms. The second kappa shape index (κ2) is 10.5. The van der Waals surface area contributed by atoms with E-state index in [9.17, 15) is 18.0 Å². The molecule has 0 saturated carbocycles. The average molecular weight is 421 g/mol. The Hall–Kier alpha value is -3.07. The average Bonchev–Trinajstić information content (AvgIpc) is 2.71. The van der Waals surface area contributed by atoms with Crippen molar-refractivity contribution < 1.29 is 28.9 Å². The highest BCUT2D eigenvalue weighted by atomic mass is 32.2. The topological polar surface area (TPSA) is 111 Å². The summed E-state index contributed by atoms with van der Waals surface area (Å²) in [6.07, 6.45) is 0.162. The Balaban J connectivity index is 2.09. The second-order valence-electron chi connectivity index (χ2n) is 6.21. The number of amides is 1. The first-order valence-electron chi connectivity index (χ1n) is 9.37. The maximum Gasteiger partial charge on any atom is 0.408 e. The van der Waals surface area contributed by atoms with Crippen LogP contribution in [-0.4, -0.2) is 39.4 Å². The van der Waals surface area contributed by atoms with Crippen LogP contribution in [0.1, 0.15) is 18.1 Å². The van der Waals surface area contributed by atoms with E-state index in [-0.39, 0.29) is 25.3 Å². The lowest BCUT2D eigenvalue weighted by molar-refractivity contribution is -0.145. The zero-order valence-electron chi connectivity index (χ0n) is 17.2. The monoisotopic (exact) mass is 421 g/mol. The number of rotatable bonds is 9. The van der Waals surface area contributed by atoms with Crippen LogP contribution in [0, 0.1) is 0 Å². The van der Waals surface area contributed by atoms with Crippen LogP contribution in [0.5, 0.6) is 0 Å². The Morgan fingerprint density at radius 1 is 1.07 bits per heavy atom. The van der Waals surface area contributed by atoms with Crippen molar-refractivity contribution in [1.29, 1.82) is 0 Å². The van der Waals surface area contributed by atoms with Gasteiger partial charge >= 0.3 is 12.1 Å². The van der Waals surface area contributed by atoms with Crippen LogP contribution in [0.4, 0.5) is 10.5 Å².